The van der Waals surface area contributed by atoms with Crippen molar-refractivity contribution in [1.82, 2.24) is 20.2 Å². The van der Waals surface area contributed by atoms with Gasteiger partial charge in [0, 0.05) is 29.7 Å². The SMILES string of the molecule is FC(F)c1cncc(COc2ccc(-c3ccn[nH]3)nc2)c1. The molecule has 0 aromatic carbocycles. The molecule has 0 atom stereocenters. The second kappa shape index (κ2) is 6.30. The number of ether oxygens (including phenoxy) is 1. The molecule has 1 N–H and O–H groups in total. The largest absolute Gasteiger partial charge is 0.487 e. The number of rotatable bonds is 5. The quantitative estimate of drug-likeness (QED) is 0.784. The van der Waals surface area contributed by atoms with Gasteiger partial charge in [0.1, 0.15) is 12.4 Å². The first kappa shape index (κ1) is 14.1. The zero-order valence-corrected chi connectivity index (χ0v) is 11.4. The Morgan fingerprint density at radius 1 is 1.14 bits per heavy atom. The Balaban J connectivity index is 1.65. The summed E-state index contributed by atoms with van der Waals surface area (Å²) in [6.07, 6.45) is 3.32. The summed E-state index contributed by atoms with van der Waals surface area (Å²) in [7, 11) is 0. The van der Waals surface area contributed by atoms with Gasteiger partial charge in [-0.2, -0.15) is 5.10 Å². The molecule has 0 aliphatic rings. The topological polar surface area (TPSA) is 63.7 Å². The van der Waals surface area contributed by atoms with Gasteiger partial charge in [0.25, 0.3) is 6.43 Å². The third kappa shape index (κ3) is 3.25. The minimum absolute atomic E-state index is 0.117. The highest BCUT2D eigenvalue weighted by Gasteiger charge is 2.08. The number of alkyl halides is 2. The summed E-state index contributed by atoms with van der Waals surface area (Å²) >= 11 is 0. The first-order valence-electron chi connectivity index (χ1n) is 6.53. The van der Waals surface area contributed by atoms with Crippen LogP contribution in [0.1, 0.15) is 17.6 Å². The van der Waals surface area contributed by atoms with Crippen LogP contribution in [0.5, 0.6) is 5.75 Å². The normalized spacial score (nSPS) is 10.9. The van der Waals surface area contributed by atoms with E-state index in [0.717, 1.165) is 17.6 Å². The zero-order valence-electron chi connectivity index (χ0n) is 11.4. The molecule has 22 heavy (non-hydrogen) atoms. The summed E-state index contributed by atoms with van der Waals surface area (Å²) in [4.78, 5) is 8.03. The Morgan fingerprint density at radius 3 is 2.73 bits per heavy atom. The summed E-state index contributed by atoms with van der Waals surface area (Å²) in [6.45, 7) is 0.151. The Labute approximate surface area is 125 Å². The second-order valence-electron chi connectivity index (χ2n) is 4.57. The Morgan fingerprint density at radius 2 is 2.05 bits per heavy atom. The van der Waals surface area contributed by atoms with Crippen LogP contribution < -0.4 is 4.74 Å². The van der Waals surface area contributed by atoms with Gasteiger partial charge in [-0.1, -0.05) is 0 Å². The predicted molar refractivity (Wildman–Crippen MR) is 75.3 cm³/mol. The predicted octanol–water partition coefficient (Wildman–Crippen LogP) is 3.38. The summed E-state index contributed by atoms with van der Waals surface area (Å²) in [5, 5.41) is 6.67. The van der Waals surface area contributed by atoms with Crippen molar-refractivity contribution < 1.29 is 13.5 Å². The number of nitrogens with one attached hydrogen (secondary N) is 1. The van der Waals surface area contributed by atoms with E-state index in [-0.39, 0.29) is 12.2 Å². The van der Waals surface area contributed by atoms with Crippen molar-refractivity contribution in [3.05, 3.63) is 60.2 Å². The Hall–Kier alpha value is -2.83. The van der Waals surface area contributed by atoms with Crippen molar-refractivity contribution in [2.45, 2.75) is 13.0 Å². The number of H-pyrrole nitrogens is 1. The van der Waals surface area contributed by atoms with Crippen LogP contribution in [0.25, 0.3) is 11.4 Å². The maximum Gasteiger partial charge on any atom is 0.265 e. The number of hydrogen-bond donors (Lipinski definition) is 1. The number of aromatic amines is 1. The molecular weight excluding hydrogens is 290 g/mol. The first-order chi connectivity index (χ1) is 10.7. The monoisotopic (exact) mass is 302 g/mol. The molecule has 3 aromatic heterocycles. The van der Waals surface area contributed by atoms with E-state index in [1.807, 2.05) is 6.07 Å². The second-order valence-corrected chi connectivity index (χ2v) is 4.57. The highest BCUT2D eigenvalue weighted by atomic mass is 19.3. The molecule has 112 valence electrons. The van der Waals surface area contributed by atoms with Gasteiger partial charge in [-0.15, -0.1) is 0 Å². The van der Waals surface area contributed by atoms with Crippen LogP contribution in [-0.2, 0) is 6.61 Å². The van der Waals surface area contributed by atoms with E-state index in [9.17, 15) is 8.78 Å². The van der Waals surface area contributed by atoms with Crippen LogP contribution in [0.15, 0.2) is 49.1 Å². The van der Waals surface area contributed by atoms with E-state index >= 15 is 0 Å². The minimum Gasteiger partial charge on any atom is -0.487 e. The van der Waals surface area contributed by atoms with Crippen molar-refractivity contribution in [2.75, 3.05) is 0 Å². The Kier molecular flexibility index (Phi) is 4.04. The lowest BCUT2D eigenvalue weighted by molar-refractivity contribution is 0.150. The Bertz CT molecular complexity index is 730. The molecule has 5 nitrogen and oxygen atoms in total. The number of pyridine rings is 2. The van der Waals surface area contributed by atoms with Crippen molar-refractivity contribution in [3.8, 4) is 17.1 Å². The maximum atomic E-state index is 12.6. The summed E-state index contributed by atoms with van der Waals surface area (Å²) in [6, 6.07) is 6.73. The van der Waals surface area contributed by atoms with Crippen LogP contribution in [0.3, 0.4) is 0 Å². The van der Waals surface area contributed by atoms with Crippen LogP contribution >= 0.6 is 0 Å². The smallest absolute Gasteiger partial charge is 0.265 e. The molecule has 0 aliphatic carbocycles. The molecule has 0 fully saturated rings. The zero-order chi connectivity index (χ0) is 15.4. The number of halogens is 2. The number of aromatic nitrogens is 4. The standard InChI is InChI=1S/C15H12F2N4O/c16-15(17)11-5-10(6-18-7-11)9-22-12-1-2-13(19-8-12)14-3-4-20-21-14/h1-8,15H,9H2,(H,20,21). The van der Waals surface area contributed by atoms with Crippen LogP contribution in [-0.4, -0.2) is 20.2 Å². The van der Waals surface area contributed by atoms with Gasteiger partial charge >= 0.3 is 0 Å². The molecule has 0 saturated carbocycles. The van der Waals surface area contributed by atoms with Gasteiger partial charge < -0.3 is 4.74 Å². The average molecular weight is 302 g/mol. The molecule has 3 heterocycles. The lowest BCUT2D eigenvalue weighted by atomic mass is 10.2. The van der Waals surface area contributed by atoms with Gasteiger partial charge in [0.2, 0.25) is 0 Å². The van der Waals surface area contributed by atoms with Gasteiger partial charge in [0.15, 0.2) is 0 Å². The number of hydrogen-bond acceptors (Lipinski definition) is 4. The molecule has 0 unspecified atom stereocenters. The average Bonchev–Trinajstić information content (AvgIpc) is 3.08. The minimum atomic E-state index is -2.54. The van der Waals surface area contributed by atoms with Crippen LogP contribution in [0.4, 0.5) is 8.78 Å². The van der Waals surface area contributed by atoms with Gasteiger partial charge in [-0.3, -0.25) is 15.1 Å². The lowest BCUT2D eigenvalue weighted by Gasteiger charge is -2.07. The van der Waals surface area contributed by atoms with Crippen molar-refractivity contribution in [1.29, 1.82) is 0 Å². The lowest BCUT2D eigenvalue weighted by Crippen LogP contribution is -1.98. The fraction of sp³-hybridized carbons (Fsp3) is 0.133. The first-order valence-corrected chi connectivity index (χ1v) is 6.53. The summed E-state index contributed by atoms with van der Waals surface area (Å²) in [5.41, 5.74) is 2.01. The molecule has 0 radical (unpaired) electrons. The van der Waals surface area contributed by atoms with E-state index in [1.165, 1.54) is 12.3 Å². The van der Waals surface area contributed by atoms with Gasteiger partial charge in [0.05, 0.1) is 17.6 Å². The molecule has 0 spiro atoms. The van der Waals surface area contributed by atoms with E-state index in [1.54, 1.807) is 24.5 Å². The van der Waals surface area contributed by atoms with Gasteiger partial charge in [-0.05, 0) is 24.3 Å². The van der Waals surface area contributed by atoms with Crippen LogP contribution in [0.2, 0.25) is 0 Å². The number of nitrogens with zero attached hydrogens (tertiary/aromatic N) is 3. The van der Waals surface area contributed by atoms with E-state index in [2.05, 4.69) is 20.2 Å². The molecule has 3 aromatic rings. The van der Waals surface area contributed by atoms with Crippen LogP contribution in [0, 0.1) is 0 Å². The highest BCUT2D eigenvalue weighted by molar-refractivity contribution is 5.53. The van der Waals surface area contributed by atoms with Crippen molar-refractivity contribution in [3.63, 3.8) is 0 Å². The summed E-state index contributed by atoms with van der Waals surface area (Å²) in [5.74, 6) is 0.547. The van der Waals surface area contributed by atoms with E-state index < -0.39 is 6.43 Å². The molecule has 0 amide bonds. The molecule has 0 saturated heterocycles. The fourth-order valence-corrected chi connectivity index (χ4v) is 1.90. The fourth-order valence-electron chi connectivity index (χ4n) is 1.90. The van der Waals surface area contributed by atoms with Gasteiger partial charge in [-0.25, -0.2) is 8.78 Å². The third-order valence-corrected chi connectivity index (χ3v) is 2.99. The third-order valence-electron chi connectivity index (χ3n) is 2.99. The molecule has 0 aliphatic heterocycles. The molecule has 3 rings (SSSR count). The summed E-state index contributed by atoms with van der Waals surface area (Å²) < 4.78 is 30.7. The van der Waals surface area contributed by atoms with Crippen molar-refractivity contribution in [2.24, 2.45) is 0 Å². The maximum absolute atomic E-state index is 12.6. The molecule has 0 bridgehead atoms. The van der Waals surface area contributed by atoms with E-state index in [4.69, 9.17) is 4.74 Å². The molecule has 7 heteroatoms. The highest BCUT2D eigenvalue weighted by Crippen LogP contribution is 2.20. The molecular formula is C15H12F2N4O. The van der Waals surface area contributed by atoms with Crippen molar-refractivity contribution >= 4 is 0 Å². The van der Waals surface area contributed by atoms with E-state index in [0.29, 0.717) is 11.3 Å².